The zero-order valence-electron chi connectivity index (χ0n) is 15.9. The smallest absolute Gasteiger partial charge is 0.227 e. The highest BCUT2D eigenvalue weighted by molar-refractivity contribution is 6.30. The molecular formula is C21H20ClN3O4. The number of amides is 1. The van der Waals surface area contributed by atoms with E-state index in [1.165, 1.54) is 0 Å². The van der Waals surface area contributed by atoms with E-state index in [9.17, 15) is 4.79 Å². The standard InChI is InChI=1S/C21H20ClN3O4/c1-25(13-14-2-7-17-18(12-14)28-11-10-27-17)20(26)9-8-19-23-21(24-29-19)15-3-5-16(22)6-4-15/h2-7,12H,8-11,13H2,1H3. The highest BCUT2D eigenvalue weighted by atomic mass is 35.5. The molecule has 0 N–H and O–H groups in total. The molecule has 4 rings (SSSR count). The van der Waals surface area contributed by atoms with Crippen molar-refractivity contribution in [1.29, 1.82) is 0 Å². The molecule has 1 aliphatic rings. The Bertz CT molecular complexity index is 1000. The second-order valence-electron chi connectivity index (χ2n) is 6.75. The number of hydrogen-bond donors (Lipinski definition) is 0. The quantitative estimate of drug-likeness (QED) is 0.612. The predicted octanol–water partition coefficient (Wildman–Crippen LogP) is 3.75. The summed E-state index contributed by atoms with van der Waals surface area (Å²) in [4.78, 5) is 18.5. The minimum Gasteiger partial charge on any atom is -0.486 e. The summed E-state index contributed by atoms with van der Waals surface area (Å²) in [7, 11) is 1.77. The van der Waals surface area contributed by atoms with Gasteiger partial charge in [0.15, 0.2) is 11.5 Å². The third-order valence-corrected chi connectivity index (χ3v) is 4.83. The van der Waals surface area contributed by atoms with E-state index in [4.69, 9.17) is 25.6 Å². The lowest BCUT2D eigenvalue weighted by Crippen LogP contribution is -2.26. The molecule has 0 bridgehead atoms. The van der Waals surface area contributed by atoms with E-state index in [2.05, 4.69) is 10.1 Å². The summed E-state index contributed by atoms with van der Waals surface area (Å²) < 4.78 is 16.4. The van der Waals surface area contributed by atoms with Crippen molar-refractivity contribution in [2.75, 3.05) is 20.3 Å². The summed E-state index contributed by atoms with van der Waals surface area (Å²) in [6.45, 7) is 1.57. The maximum atomic E-state index is 12.5. The molecule has 0 radical (unpaired) electrons. The van der Waals surface area contributed by atoms with Gasteiger partial charge in [-0.15, -0.1) is 0 Å². The van der Waals surface area contributed by atoms with Crippen LogP contribution in [0.5, 0.6) is 11.5 Å². The van der Waals surface area contributed by atoms with E-state index in [0.717, 1.165) is 22.6 Å². The highest BCUT2D eigenvalue weighted by Gasteiger charge is 2.16. The molecule has 0 aliphatic carbocycles. The summed E-state index contributed by atoms with van der Waals surface area (Å²) in [5.41, 5.74) is 1.79. The molecule has 1 aliphatic heterocycles. The average Bonchev–Trinajstić information content (AvgIpc) is 3.21. The number of halogens is 1. The fourth-order valence-corrected chi connectivity index (χ4v) is 3.15. The normalized spacial score (nSPS) is 12.6. The Morgan fingerprint density at radius 3 is 2.66 bits per heavy atom. The monoisotopic (exact) mass is 413 g/mol. The maximum absolute atomic E-state index is 12.5. The number of hydrogen-bond acceptors (Lipinski definition) is 6. The van der Waals surface area contributed by atoms with E-state index in [1.807, 2.05) is 30.3 Å². The van der Waals surface area contributed by atoms with Crippen LogP contribution in [0.4, 0.5) is 0 Å². The van der Waals surface area contributed by atoms with Crippen molar-refractivity contribution < 1.29 is 18.8 Å². The number of carbonyl (C=O) groups excluding carboxylic acids is 1. The maximum Gasteiger partial charge on any atom is 0.227 e. The Morgan fingerprint density at radius 2 is 1.86 bits per heavy atom. The zero-order chi connectivity index (χ0) is 20.2. The number of fused-ring (bicyclic) bond motifs is 1. The second-order valence-corrected chi connectivity index (χ2v) is 7.18. The van der Waals surface area contributed by atoms with E-state index >= 15 is 0 Å². The Hall–Kier alpha value is -3.06. The molecule has 0 saturated heterocycles. The molecule has 3 aromatic rings. The first-order chi connectivity index (χ1) is 14.1. The predicted molar refractivity (Wildman–Crippen MR) is 107 cm³/mol. The summed E-state index contributed by atoms with van der Waals surface area (Å²) in [6, 6.07) is 12.9. The van der Waals surface area contributed by atoms with E-state index in [-0.39, 0.29) is 12.3 Å². The van der Waals surface area contributed by atoms with Gasteiger partial charge in [0.25, 0.3) is 0 Å². The Labute approximate surface area is 173 Å². The third-order valence-electron chi connectivity index (χ3n) is 4.58. The van der Waals surface area contributed by atoms with Gasteiger partial charge in [-0.2, -0.15) is 4.98 Å². The zero-order valence-corrected chi connectivity index (χ0v) is 16.7. The molecule has 2 heterocycles. The lowest BCUT2D eigenvalue weighted by molar-refractivity contribution is -0.130. The van der Waals surface area contributed by atoms with Gasteiger partial charge in [0.05, 0.1) is 0 Å². The van der Waals surface area contributed by atoms with E-state index in [0.29, 0.717) is 42.9 Å². The second kappa shape index (κ2) is 8.53. The molecule has 29 heavy (non-hydrogen) atoms. The molecule has 0 unspecified atom stereocenters. The van der Waals surface area contributed by atoms with Crippen molar-refractivity contribution in [3.63, 3.8) is 0 Å². The van der Waals surface area contributed by atoms with Crippen molar-refractivity contribution in [2.45, 2.75) is 19.4 Å². The number of rotatable bonds is 6. The molecule has 150 valence electrons. The molecule has 7 nitrogen and oxygen atoms in total. The molecule has 0 spiro atoms. The van der Waals surface area contributed by atoms with Gasteiger partial charge in [-0.05, 0) is 42.0 Å². The molecule has 0 fully saturated rings. The van der Waals surface area contributed by atoms with Crippen molar-refractivity contribution >= 4 is 17.5 Å². The van der Waals surface area contributed by atoms with Crippen LogP contribution in [0.25, 0.3) is 11.4 Å². The summed E-state index contributed by atoms with van der Waals surface area (Å²) >= 11 is 5.89. The van der Waals surface area contributed by atoms with Crippen LogP contribution in [0.15, 0.2) is 47.0 Å². The first-order valence-corrected chi connectivity index (χ1v) is 9.67. The molecule has 0 saturated carbocycles. The van der Waals surface area contributed by atoms with Crippen LogP contribution in [0, 0.1) is 0 Å². The lowest BCUT2D eigenvalue weighted by Gasteiger charge is -2.21. The fraction of sp³-hybridized carbons (Fsp3) is 0.286. The van der Waals surface area contributed by atoms with Crippen LogP contribution in [0.2, 0.25) is 5.02 Å². The number of carbonyl (C=O) groups is 1. The molecule has 2 aromatic carbocycles. The summed E-state index contributed by atoms with van der Waals surface area (Å²) in [5, 5.41) is 4.61. The average molecular weight is 414 g/mol. The van der Waals surface area contributed by atoms with Crippen LogP contribution in [0.1, 0.15) is 17.9 Å². The minimum atomic E-state index is -0.00821. The van der Waals surface area contributed by atoms with Gasteiger partial charge in [-0.3, -0.25) is 4.79 Å². The highest BCUT2D eigenvalue weighted by Crippen LogP contribution is 2.31. The fourth-order valence-electron chi connectivity index (χ4n) is 3.03. The van der Waals surface area contributed by atoms with Gasteiger partial charge in [-0.25, -0.2) is 0 Å². The van der Waals surface area contributed by atoms with Crippen molar-refractivity contribution in [1.82, 2.24) is 15.0 Å². The molecular weight excluding hydrogens is 394 g/mol. The largest absolute Gasteiger partial charge is 0.486 e. The van der Waals surface area contributed by atoms with Gasteiger partial charge in [-0.1, -0.05) is 22.8 Å². The third kappa shape index (κ3) is 4.68. The number of aromatic nitrogens is 2. The molecule has 1 aromatic heterocycles. The van der Waals surface area contributed by atoms with Crippen LogP contribution in [-0.4, -0.2) is 41.2 Å². The van der Waals surface area contributed by atoms with Gasteiger partial charge in [0.1, 0.15) is 13.2 Å². The van der Waals surface area contributed by atoms with Crippen LogP contribution in [0.3, 0.4) is 0 Å². The number of ether oxygens (including phenoxy) is 2. The minimum absolute atomic E-state index is 0.00821. The Balaban J connectivity index is 1.32. The number of aryl methyl sites for hydroxylation is 1. The van der Waals surface area contributed by atoms with Crippen molar-refractivity contribution in [3.05, 3.63) is 58.9 Å². The Kier molecular flexibility index (Phi) is 5.67. The molecule has 1 amide bonds. The molecule has 0 atom stereocenters. The number of benzene rings is 2. The van der Waals surface area contributed by atoms with Crippen LogP contribution >= 0.6 is 11.6 Å². The van der Waals surface area contributed by atoms with Crippen LogP contribution in [-0.2, 0) is 17.8 Å². The van der Waals surface area contributed by atoms with Crippen LogP contribution < -0.4 is 9.47 Å². The van der Waals surface area contributed by atoms with Crippen molar-refractivity contribution in [3.8, 4) is 22.9 Å². The van der Waals surface area contributed by atoms with Gasteiger partial charge >= 0.3 is 0 Å². The first-order valence-electron chi connectivity index (χ1n) is 9.29. The summed E-state index contributed by atoms with van der Waals surface area (Å²) in [5.74, 6) is 2.35. The topological polar surface area (TPSA) is 77.7 Å². The first kappa shape index (κ1) is 19.3. The molecule has 8 heteroatoms. The summed E-state index contributed by atoms with van der Waals surface area (Å²) in [6.07, 6.45) is 0.661. The Morgan fingerprint density at radius 1 is 1.10 bits per heavy atom. The number of nitrogens with zero attached hydrogens (tertiary/aromatic N) is 3. The van der Waals surface area contributed by atoms with Gasteiger partial charge < -0.3 is 18.9 Å². The van der Waals surface area contributed by atoms with E-state index in [1.54, 1.807) is 24.1 Å². The lowest BCUT2D eigenvalue weighted by atomic mass is 10.1. The van der Waals surface area contributed by atoms with Crippen molar-refractivity contribution in [2.24, 2.45) is 0 Å². The SMILES string of the molecule is CN(Cc1ccc2c(c1)OCCO2)C(=O)CCc1nc(-c2ccc(Cl)cc2)no1. The van der Waals surface area contributed by atoms with Gasteiger partial charge in [0, 0.05) is 37.0 Å². The van der Waals surface area contributed by atoms with Gasteiger partial charge in [0.2, 0.25) is 17.6 Å². The van der Waals surface area contributed by atoms with E-state index < -0.39 is 0 Å².